The summed E-state index contributed by atoms with van der Waals surface area (Å²) in [5.74, 6) is -1.38. The average Bonchev–Trinajstić information content (AvgIpc) is 3.06. The van der Waals surface area contributed by atoms with Crippen molar-refractivity contribution in [2.75, 3.05) is 6.54 Å². The Labute approximate surface area is 168 Å². The third-order valence-electron chi connectivity index (χ3n) is 4.45. The molecule has 29 heavy (non-hydrogen) atoms. The van der Waals surface area contributed by atoms with Crippen molar-refractivity contribution in [1.82, 2.24) is 10.3 Å². The molecule has 3 aromatic rings. The molecule has 6 nitrogen and oxygen atoms in total. The van der Waals surface area contributed by atoms with Crippen LogP contribution in [0.15, 0.2) is 60.7 Å². The van der Waals surface area contributed by atoms with Crippen molar-refractivity contribution in [2.45, 2.75) is 20.0 Å². The number of fused-ring (bicyclic) bond motifs is 1. The smallest absolute Gasteiger partial charge is 0.326 e. The van der Waals surface area contributed by atoms with Crippen LogP contribution >= 0.6 is 0 Å². The van der Waals surface area contributed by atoms with E-state index in [9.17, 15) is 14.4 Å². The molecule has 2 N–H and O–H groups in total. The van der Waals surface area contributed by atoms with Crippen LogP contribution in [0.4, 0.5) is 0 Å². The highest BCUT2D eigenvalue weighted by atomic mass is 16.5. The summed E-state index contributed by atoms with van der Waals surface area (Å²) in [6.45, 7) is 3.02. The van der Waals surface area contributed by atoms with E-state index in [2.05, 4.69) is 10.3 Å². The first-order valence-corrected chi connectivity index (χ1v) is 9.27. The Balaban J connectivity index is 1.55. The summed E-state index contributed by atoms with van der Waals surface area (Å²) in [5, 5.41) is 3.24. The molecule has 0 unspecified atom stereocenters. The van der Waals surface area contributed by atoms with Crippen molar-refractivity contribution in [3.8, 4) is 0 Å². The third-order valence-corrected chi connectivity index (χ3v) is 4.45. The van der Waals surface area contributed by atoms with Crippen LogP contribution in [-0.2, 0) is 14.3 Å². The number of rotatable bonds is 7. The van der Waals surface area contributed by atoms with Gasteiger partial charge in [0.1, 0.15) is 6.54 Å². The molecule has 0 aliphatic carbocycles. The number of esters is 1. The zero-order valence-electron chi connectivity index (χ0n) is 16.3. The summed E-state index contributed by atoms with van der Waals surface area (Å²) in [5.41, 5.74) is 2.96. The maximum Gasteiger partial charge on any atom is 0.326 e. The Morgan fingerprint density at radius 2 is 1.76 bits per heavy atom. The van der Waals surface area contributed by atoms with E-state index in [0.29, 0.717) is 5.56 Å². The fourth-order valence-electron chi connectivity index (χ4n) is 3.04. The van der Waals surface area contributed by atoms with Crippen molar-refractivity contribution in [1.29, 1.82) is 0 Å². The molecule has 2 aromatic carbocycles. The lowest BCUT2D eigenvalue weighted by atomic mass is 10.0. The normalized spacial score (nSPS) is 12.1. The molecule has 0 saturated heterocycles. The largest absolute Gasteiger partial charge is 0.453 e. The molecule has 1 amide bonds. The second-order valence-electron chi connectivity index (χ2n) is 6.63. The fourth-order valence-corrected chi connectivity index (χ4v) is 3.04. The van der Waals surface area contributed by atoms with E-state index in [1.165, 1.54) is 13.0 Å². The Morgan fingerprint density at radius 3 is 2.52 bits per heavy atom. The second-order valence-corrected chi connectivity index (χ2v) is 6.63. The minimum absolute atomic E-state index is 0.288. The highest BCUT2D eigenvalue weighted by molar-refractivity contribution is 6.11. The van der Waals surface area contributed by atoms with Crippen LogP contribution in [0.3, 0.4) is 0 Å². The first-order valence-electron chi connectivity index (χ1n) is 9.27. The van der Waals surface area contributed by atoms with E-state index >= 15 is 0 Å². The summed E-state index contributed by atoms with van der Waals surface area (Å²) < 4.78 is 5.21. The van der Waals surface area contributed by atoms with Crippen molar-refractivity contribution < 1.29 is 19.1 Å². The summed E-state index contributed by atoms with van der Waals surface area (Å²) in [6.07, 6.45) is 2.02. The second kappa shape index (κ2) is 9.01. The number of ether oxygens (including phenoxy) is 1. The molecule has 6 heteroatoms. The number of aryl methyl sites for hydroxylation is 1. The van der Waals surface area contributed by atoms with Gasteiger partial charge in [-0.1, -0.05) is 48.5 Å². The van der Waals surface area contributed by atoms with Crippen LogP contribution in [0.1, 0.15) is 28.5 Å². The standard InChI is InChI=1S/C23H22N2O4/c1-15-22(18-10-6-7-11-19(18)25-15)23(28)16(2)29-21(27)14-24-20(26)13-12-17-8-4-3-5-9-17/h3-13,16,25H,14H2,1-2H3,(H,24,26)/b13-12+/t16-/m0/s1. The van der Waals surface area contributed by atoms with Crippen LogP contribution in [0.2, 0.25) is 0 Å². The lowest BCUT2D eigenvalue weighted by Gasteiger charge is -2.12. The van der Waals surface area contributed by atoms with E-state index in [1.54, 1.807) is 13.0 Å². The third kappa shape index (κ3) is 4.99. The molecule has 3 rings (SSSR count). The van der Waals surface area contributed by atoms with E-state index < -0.39 is 18.0 Å². The van der Waals surface area contributed by atoms with Crippen molar-refractivity contribution in [2.24, 2.45) is 0 Å². The molecule has 0 saturated carbocycles. The predicted molar refractivity (Wildman–Crippen MR) is 111 cm³/mol. The van der Waals surface area contributed by atoms with Gasteiger partial charge >= 0.3 is 5.97 Å². The van der Waals surface area contributed by atoms with E-state index in [1.807, 2.05) is 54.6 Å². The molecular formula is C23H22N2O4. The number of aromatic nitrogens is 1. The van der Waals surface area contributed by atoms with Crippen molar-refractivity contribution in [3.63, 3.8) is 0 Å². The Morgan fingerprint density at radius 1 is 1.07 bits per heavy atom. The Hall–Kier alpha value is -3.67. The maximum atomic E-state index is 12.8. The van der Waals surface area contributed by atoms with Crippen LogP contribution in [0, 0.1) is 6.92 Å². The zero-order chi connectivity index (χ0) is 20.8. The SMILES string of the molecule is Cc1[nH]c2ccccc2c1C(=O)[C@H](C)OC(=O)CNC(=O)/C=C/c1ccccc1. The molecule has 0 radical (unpaired) electrons. The Kier molecular flexibility index (Phi) is 6.24. The number of para-hydroxylation sites is 1. The van der Waals surface area contributed by atoms with Gasteiger partial charge in [0.15, 0.2) is 6.10 Å². The summed E-state index contributed by atoms with van der Waals surface area (Å²) in [4.78, 5) is 39.8. The molecule has 0 aliphatic heterocycles. The lowest BCUT2D eigenvalue weighted by Crippen LogP contribution is -2.33. The van der Waals surface area contributed by atoms with Crippen LogP contribution < -0.4 is 5.32 Å². The van der Waals surface area contributed by atoms with Gasteiger partial charge in [-0.05, 0) is 31.6 Å². The van der Waals surface area contributed by atoms with Gasteiger partial charge in [0.05, 0.1) is 0 Å². The number of ketones is 1. The van der Waals surface area contributed by atoms with Crippen molar-refractivity contribution in [3.05, 3.63) is 77.5 Å². The maximum absolute atomic E-state index is 12.8. The molecule has 0 fully saturated rings. The van der Waals surface area contributed by atoms with Gasteiger partial charge in [0, 0.05) is 28.2 Å². The van der Waals surface area contributed by atoms with Crippen LogP contribution in [-0.4, -0.2) is 35.3 Å². The number of amides is 1. The topological polar surface area (TPSA) is 88.3 Å². The van der Waals surface area contributed by atoms with Crippen LogP contribution in [0.5, 0.6) is 0 Å². The van der Waals surface area contributed by atoms with Gasteiger partial charge in [-0.25, -0.2) is 0 Å². The number of Topliss-reactive ketones (excluding diaryl/α,β-unsaturated/α-hetero) is 1. The molecule has 148 valence electrons. The highest BCUT2D eigenvalue weighted by Gasteiger charge is 2.24. The van der Waals surface area contributed by atoms with E-state index in [-0.39, 0.29) is 12.3 Å². The number of carbonyl (C=O) groups is 3. The molecular weight excluding hydrogens is 368 g/mol. The Bertz CT molecular complexity index is 1070. The summed E-state index contributed by atoms with van der Waals surface area (Å²) in [7, 11) is 0. The van der Waals surface area contributed by atoms with Gasteiger partial charge < -0.3 is 15.0 Å². The first-order chi connectivity index (χ1) is 14.0. The number of carbonyl (C=O) groups excluding carboxylic acids is 3. The number of hydrogen-bond donors (Lipinski definition) is 2. The molecule has 0 spiro atoms. The van der Waals surface area contributed by atoms with Crippen molar-refractivity contribution >= 4 is 34.6 Å². The summed E-state index contributed by atoms with van der Waals surface area (Å²) >= 11 is 0. The van der Waals surface area contributed by atoms with E-state index in [0.717, 1.165) is 22.2 Å². The fraction of sp³-hybridized carbons (Fsp3) is 0.174. The number of aromatic amines is 1. The summed E-state index contributed by atoms with van der Waals surface area (Å²) in [6, 6.07) is 16.8. The molecule has 1 heterocycles. The molecule has 0 aliphatic rings. The molecule has 1 aromatic heterocycles. The van der Waals surface area contributed by atoms with Gasteiger partial charge in [0.25, 0.3) is 0 Å². The number of benzene rings is 2. The van der Waals surface area contributed by atoms with Crippen LogP contribution in [0.25, 0.3) is 17.0 Å². The highest BCUT2D eigenvalue weighted by Crippen LogP contribution is 2.23. The minimum Gasteiger partial charge on any atom is -0.453 e. The quantitative estimate of drug-likeness (QED) is 0.368. The predicted octanol–water partition coefficient (Wildman–Crippen LogP) is 3.42. The first kappa shape index (κ1) is 20.1. The monoisotopic (exact) mass is 390 g/mol. The number of H-pyrrole nitrogens is 1. The minimum atomic E-state index is -0.961. The lowest BCUT2D eigenvalue weighted by molar-refractivity contribution is -0.146. The molecule has 0 bridgehead atoms. The molecule has 1 atom stereocenters. The van der Waals surface area contributed by atoms with Gasteiger partial charge in [-0.2, -0.15) is 0 Å². The van der Waals surface area contributed by atoms with E-state index in [4.69, 9.17) is 4.74 Å². The zero-order valence-corrected chi connectivity index (χ0v) is 16.3. The number of hydrogen-bond acceptors (Lipinski definition) is 4. The van der Waals surface area contributed by atoms with Gasteiger partial charge in [-0.15, -0.1) is 0 Å². The van der Waals surface area contributed by atoms with Gasteiger partial charge in [0.2, 0.25) is 11.7 Å². The number of nitrogens with one attached hydrogen (secondary N) is 2. The van der Waals surface area contributed by atoms with Gasteiger partial charge in [-0.3, -0.25) is 14.4 Å². The average molecular weight is 390 g/mol.